The number of fused-ring (bicyclic) bond motifs is 1. The maximum absolute atomic E-state index is 12.4. The Morgan fingerprint density at radius 3 is 2.57 bits per heavy atom. The lowest BCUT2D eigenvalue weighted by atomic mass is 9.88. The number of rotatable bonds is 6. The Balaban J connectivity index is 1.50. The average molecular weight is 495 g/mol. The molecule has 3 aromatic rings. The molecule has 1 atom stereocenters. The Bertz CT molecular complexity index is 1330. The van der Waals surface area contributed by atoms with Gasteiger partial charge in [0.25, 0.3) is 5.91 Å². The average Bonchev–Trinajstić information content (AvgIpc) is 3.32. The molecule has 3 heterocycles. The summed E-state index contributed by atoms with van der Waals surface area (Å²) in [4.78, 5) is 15.7. The fraction of sp³-hybridized carbons (Fsp3) is 0.444. The first-order valence-electron chi connectivity index (χ1n) is 12.6. The van der Waals surface area contributed by atoms with Crippen LogP contribution in [0.5, 0.6) is 0 Å². The minimum absolute atomic E-state index is 0.130. The summed E-state index contributed by atoms with van der Waals surface area (Å²) in [5.74, 6) is -0.106. The number of carbonyl (C=O) groups excluding carboxylic acids is 1. The molecule has 2 aromatic carbocycles. The zero-order valence-corrected chi connectivity index (χ0v) is 21.0. The first-order chi connectivity index (χ1) is 16.9. The van der Waals surface area contributed by atoms with Crippen LogP contribution in [0.2, 0.25) is 0 Å². The van der Waals surface area contributed by atoms with Crippen LogP contribution in [-0.4, -0.2) is 49.0 Å². The molecule has 0 saturated carbocycles. The molecule has 1 aromatic heterocycles. The van der Waals surface area contributed by atoms with E-state index in [1.807, 2.05) is 12.3 Å². The number of benzene rings is 2. The lowest BCUT2D eigenvalue weighted by Gasteiger charge is -2.31. The summed E-state index contributed by atoms with van der Waals surface area (Å²) < 4.78 is 26.2. The van der Waals surface area contributed by atoms with Crippen LogP contribution < -0.4 is 11.1 Å². The fourth-order valence-electron chi connectivity index (χ4n) is 5.65. The molecule has 35 heavy (non-hydrogen) atoms. The zero-order chi connectivity index (χ0) is 24.6. The van der Waals surface area contributed by atoms with Crippen LogP contribution in [0.15, 0.2) is 42.6 Å². The third kappa shape index (κ3) is 4.75. The van der Waals surface area contributed by atoms with E-state index >= 15 is 0 Å². The molecule has 2 aliphatic rings. The number of nitrogens with one attached hydrogen (secondary N) is 2. The maximum Gasteiger partial charge on any atom is 0.250 e. The van der Waals surface area contributed by atoms with Gasteiger partial charge in [0.15, 0.2) is 0 Å². The summed E-state index contributed by atoms with van der Waals surface area (Å²) >= 11 is 0. The molecule has 0 radical (unpaired) electrons. The summed E-state index contributed by atoms with van der Waals surface area (Å²) in [5, 5.41) is 4.61. The van der Waals surface area contributed by atoms with E-state index in [0.717, 1.165) is 53.4 Å². The summed E-state index contributed by atoms with van der Waals surface area (Å²) in [5.41, 5.74) is 11.5. The Labute approximate surface area is 207 Å². The number of aromatic amines is 1. The van der Waals surface area contributed by atoms with Gasteiger partial charge < -0.3 is 16.0 Å². The highest BCUT2D eigenvalue weighted by atomic mass is 32.2. The lowest BCUT2D eigenvalue weighted by Crippen LogP contribution is -2.38. The molecule has 1 unspecified atom stereocenters. The van der Waals surface area contributed by atoms with Gasteiger partial charge in [0.05, 0.1) is 16.8 Å². The largest absolute Gasteiger partial charge is 0.366 e. The minimum atomic E-state index is -3.17. The van der Waals surface area contributed by atoms with Crippen molar-refractivity contribution in [1.29, 1.82) is 0 Å². The highest BCUT2D eigenvalue weighted by Gasteiger charge is 2.29. The van der Waals surface area contributed by atoms with Crippen LogP contribution in [0, 0.1) is 0 Å². The Hall–Kier alpha value is -2.68. The van der Waals surface area contributed by atoms with Gasteiger partial charge in [-0.2, -0.15) is 0 Å². The normalized spacial score (nSPS) is 20.3. The maximum atomic E-state index is 12.4. The molecule has 2 aliphatic heterocycles. The molecule has 8 heteroatoms. The van der Waals surface area contributed by atoms with E-state index in [0.29, 0.717) is 24.7 Å². The summed E-state index contributed by atoms with van der Waals surface area (Å²) in [6, 6.07) is 12.9. The molecular formula is C27H34N4O3S. The number of amides is 1. The van der Waals surface area contributed by atoms with Gasteiger partial charge in [-0.15, -0.1) is 0 Å². The van der Waals surface area contributed by atoms with Crippen molar-refractivity contribution in [3.63, 3.8) is 0 Å². The van der Waals surface area contributed by atoms with Gasteiger partial charge >= 0.3 is 0 Å². The van der Waals surface area contributed by atoms with Crippen LogP contribution >= 0.6 is 0 Å². The van der Waals surface area contributed by atoms with E-state index in [9.17, 15) is 13.2 Å². The summed E-state index contributed by atoms with van der Waals surface area (Å²) in [6.07, 6.45) is 7.05. The predicted molar refractivity (Wildman–Crippen MR) is 140 cm³/mol. The topological polar surface area (TPSA) is 108 Å². The van der Waals surface area contributed by atoms with E-state index in [2.05, 4.69) is 40.6 Å². The summed E-state index contributed by atoms with van der Waals surface area (Å²) in [6.45, 7) is 3.77. The monoisotopic (exact) mass is 494 g/mol. The van der Waals surface area contributed by atoms with Crippen molar-refractivity contribution >= 4 is 26.8 Å². The van der Waals surface area contributed by atoms with Gasteiger partial charge in [-0.25, -0.2) is 12.7 Å². The van der Waals surface area contributed by atoms with Gasteiger partial charge in [-0.3, -0.25) is 4.79 Å². The first kappa shape index (κ1) is 24.0. The second kappa shape index (κ2) is 9.76. The number of sulfonamides is 1. The first-order valence-corrected chi connectivity index (χ1v) is 14.2. The number of aromatic nitrogens is 1. The number of carbonyl (C=O) groups is 1. The van der Waals surface area contributed by atoms with E-state index in [1.54, 1.807) is 11.2 Å². The van der Waals surface area contributed by atoms with Crippen molar-refractivity contribution in [2.45, 2.75) is 51.0 Å². The van der Waals surface area contributed by atoms with E-state index in [-0.39, 0.29) is 11.7 Å². The quantitative estimate of drug-likeness (QED) is 0.475. The minimum Gasteiger partial charge on any atom is -0.366 e. The molecule has 2 saturated heterocycles. The van der Waals surface area contributed by atoms with Crippen molar-refractivity contribution in [1.82, 2.24) is 14.6 Å². The lowest BCUT2D eigenvalue weighted by molar-refractivity contribution is 0.100. The van der Waals surface area contributed by atoms with Crippen LogP contribution in [-0.2, 0) is 10.0 Å². The molecule has 5 rings (SSSR count). The number of nitrogens with zero attached hydrogens (tertiary/aromatic N) is 1. The molecule has 0 spiro atoms. The van der Waals surface area contributed by atoms with Gasteiger partial charge in [-0.05, 0) is 85.5 Å². The van der Waals surface area contributed by atoms with Crippen molar-refractivity contribution in [3.8, 4) is 11.1 Å². The number of primary amides is 1. The van der Waals surface area contributed by atoms with Gasteiger partial charge in [0.2, 0.25) is 10.0 Å². The predicted octanol–water partition coefficient (Wildman–Crippen LogP) is 4.28. The van der Waals surface area contributed by atoms with E-state index < -0.39 is 15.9 Å². The second-order valence-corrected chi connectivity index (χ2v) is 12.0. The van der Waals surface area contributed by atoms with Crippen molar-refractivity contribution in [3.05, 3.63) is 59.3 Å². The molecule has 186 valence electrons. The Morgan fingerprint density at radius 2 is 1.89 bits per heavy atom. The van der Waals surface area contributed by atoms with Crippen LogP contribution in [0.25, 0.3) is 22.0 Å². The number of hydrogen-bond acceptors (Lipinski definition) is 4. The highest BCUT2D eigenvalue weighted by Crippen LogP contribution is 2.37. The molecule has 1 amide bonds. The Morgan fingerprint density at radius 1 is 1.09 bits per heavy atom. The van der Waals surface area contributed by atoms with Crippen LogP contribution in [0.3, 0.4) is 0 Å². The number of hydrogen-bond donors (Lipinski definition) is 3. The number of H-pyrrole nitrogens is 1. The number of nitrogens with two attached hydrogens (primary N) is 1. The fourth-order valence-corrected chi connectivity index (χ4v) is 6.78. The molecule has 4 N–H and O–H groups in total. The smallest absolute Gasteiger partial charge is 0.250 e. The highest BCUT2D eigenvalue weighted by molar-refractivity contribution is 7.89. The molecule has 0 bridgehead atoms. The van der Waals surface area contributed by atoms with Gasteiger partial charge in [0.1, 0.15) is 0 Å². The van der Waals surface area contributed by atoms with Gasteiger partial charge in [-0.1, -0.05) is 24.6 Å². The zero-order valence-electron chi connectivity index (χ0n) is 20.2. The van der Waals surface area contributed by atoms with E-state index in [1.165, 1.54) is 18.4 Å². The number of piperidine rings is 2. The van der Waals surface area contributed by atoms with E-state index in [4.69, 9.17) is 5.73 Å². The van der Waals surface area contributed by atoms with Crippen molar-refractivity contribution in [2.75, 3.05) is 25.4 Å². The molecule has 7 nitrogen and oxygen atoms in total. The third-order valence-corrected chi connectivity index (χ3v) is 9.55. The van der Waals surface area contributed by atoms with Gasteiger partial charge in [0, 0.05) is 30.7 Å². The SMILES string of the molecule is CCS(=O)(=O)N1CCC(c2c[nH]c3c(C(N)=O)cc(-c4cccc(C5CCCCN5)c4)cc23)CC1. The van der Waals surface area contributed by atoms with Crippen molar-refractivity contribution < 1.29 is 13.2 Å². The van der Waals surface area contributed by atoms with Crippen LogP contribution in [0.4, 0.5) is 0 Å². The van der Waals surface area contributed by atoms with Crippen molar-refractivity contribution in [2.24, 2.45) is 5.73 Å². The second-order valence-electron chi connectivity index (χ2n) is 9.76. The Kier molecular flexibility index (Phi) is 6.70. The third-order valence-electron chi connectivity index (χ3n) is 7.67. The van der Waals surface area contributed by atoms with Crippen LogP contribution in [0.1, 0.15) is 72.5 Å². The summed E-state index contributed by atoms with van der Waals surface area (Å²) in [7, 11) is -3.17. The molecular weight excluding hydrogens is 460 g/mol. The standard InChI is InChI=1S/C27H34N4O3S/c1-2-35(33,34)31-12-9-18(10-13-31)24-17-30-26-22(24)15-21(16-23(26)27(28)32)19-6-5-7-20(14-19)25-8-3-4-11-29-25/h5-7,14-18,25,29-30H,2-4,8-13H2,1H3,(H2,28,32). The molecule has 2 fully saturated rings. The molecule has 0 aliphatic carbocycles.